The number of likely N-dealkylation sites (N-methyl/N-ethyl adjacent to an activating group) is 1. The van der Waals surface area contributed by atoms with Gasteiger partial charge >= 0.3 is 0 Å². The zero-order chi connectivity index (χ0) is 18.8. The standard InChI is InChI=1S/C16H25N3O5S/c1-11-8-19(12(2)10-20)16(21)13-6-5-7-17-15(13)24-14(11)9-18(3)25(4,22)23/h5-7,11-12,14,20H,8-10H2,1-4H3/t11-,12+,14-/m0/s1. The third-order valence-electron chi connectivity index (χ3n) is 4.44. The highest BCUT2D eigenvalue weighted by molar-refractivity contribution is 7.88. The van der Waals surface area contributed by atoms with Crippen LogP contribution < -0.4 is 4.74 Å². The maximum Gasteiger partial charge on any atom is 0.259 e. The van der Waals surface area contributed by atoms with E-state index in [1.165, 1.54) is 17.5 Å². The minimum Gasteiger partial charge on any atom is -0.472 e. The van der Waals surface area contributed by atoms with Crippen molar-refractivity contribution in [2.45, 2.75) is 26.0 Å². The first kappa shape index (κ1) is 19.6. The molecule has 1 amide bonds. The Hall–Kier alpha value is -1.71. The molecular formula is C16H25N3O5S. The van der Waals surface area contributed by atoms with Crippen LogP contribution in [0.3, 0.4) is 0 Å². The average Bonchev–Trinajstić information content (AvgIpc) is 2.56. The number of pyridine rings is 1. The van der Waals surface area contributed by atoms with Crippen LogP contribution in [0.2, 0.25) is 0 Å². The molecule has 0 radical (unpaired) electrons. The van der Waals surface area contributed by atoms with Gasteiger partial charge in [-0.3, -0.25) is 4.79 Å². The van der Waals surface area contributed by atoms with E-state index in [1.54, 1.807) is 24.0 Å². The van der Waals surface area contributed by atoms with Gasteiger partial charge in [0.1, 0.15) is 11.7 Å². The first-order chi connectivity index (χ1) is 11.6. The largest absolute Gasteiger partial charge is 0.472 e. The summed E-state index contributed by atoms with van der Waals surface area (Å²) in [5, 5.41) is 9.49. The zero-order valence-electron chi connectivity index (χ0n) is 14.9. The van der Waals surface area contributed by atoms with Crippen LogP contribution in [0.25, 0.3) is 0 Å². The van der Waals surface area contributed by atoms with Crippen LogP contribution in [-0.2, 0) is 10.0 Å². The average molecular weight is 371 g/mol. The third kappa shape index (κ3) is 4.47. The van der Waals surface area contributed by atoms with Crippen molar-refractivity contribution in [3.63, 3.8) is 0 Å². The molecule has 0 spiro atoms. The summed E-state index contributed by atoms with van der Waals surface area (Å²) < 4.78 is 30.6. The smallest absolute Gasteiger partial charge is 0.259 e. The molecule has 0 aromatic carbocycles. The monoisotopic (exact) mass is 371 g/mol. The van der Waals surface area contributed by atoms with Crippen LogP contribution in [0.15, 0.2) is 18.3 Å². The van der Waals surface area contributed by atoms with Gasteiger partial charge in [0.25, 0.3) is 5.91 Å². The number of carbonyl (C=O) groups excluding carboxylic acids is 1. The van der Waals surface area contributed by atoms with Crippen LogP contribution in [0.4, 0.5) is 0 Å². The minimum atomic E-state index is -3.36. The summed E-state index contributed by atoms with van der Waals surface area (Å²) in [6.07, 6.45) is 2.18. The van der Waals surface area contributed by atoms with Crippen LogP contribution >= 0.6 is 0 Å². The highest BCUT2D eigenvalue weighted by Gasteiger charge is 2.34. The van der Waals surface area contributed by atoms with E-state index in [2.05, 4.69) is 4.98 Å². The lowest BCUT2D eigenvalue weighted by Gasteiger charge is -2.37. The second-order valence-corrected chi connectivity index (χ2v) is 8.61. The molecule has 1 aromatic rings. The van der Waals surface area contributed by atoms with Gasteiger partial charge in [0.15, 0.2) is 0 Å². The number of aromatic nitrogens is 1. The summed E-state index contributed by atoms with van der Waals surface area (Å²) in [5.74, 6) is -0.232. The predicted octanol–water partition coefficient (Wildman–Crippen LogP) is 0.193. The molecular weight excluding hydrogens is 346 g/mol. The van der Waals surface area contributed by atoms with Crippen LogP contribution in [0.1, 0.15) is 24.2 Å². The van der Waals surface area contributed by atoms with Gasteiger partial charge in [0.05, 0.1) is 25.4 Å². The molecule has 0 saturated heterocycles. The molecule has 0 unspecified atom stereocenters. The van der Waals surface area contributed by atoms with E-state index in [-0.39, 0.29) is 36.9 Å². The summed E-state index contributed by atoms with van der Waals surface area (Å²) in [6, 6.07) is 2.90. The molecule has 0 saturated carbocycles. The highest BCUT2D eigenvalue weighted by atomic mass is 32.2. The van der Waals surface area contributed by atoms with Gasteiger partial charge in [-0.1, -0.05) is 6.92 Å². The van der Waals surface area contributed by atoms with Gasteiger partial charge in [-0.15, -0.1) is 0 Å². The normalized spacial score (nSPS) is 22.8. The molecule has 3 atom stereocenters. The van der Waals surface area contributed by atoms with E-state index >= 15 is 0 Å². The van der Waals surface area contributed by atoms with Gasteiger partial charge in [-0.25, -0.2) is 17.7 Å². The van der Waals surface area contributed by atoms with Crippen LogP contribution in [0, 0.1) is 5.92 Å². The number of aliphatic hydroxyl groups is 1. The van der Waals surface area contributed by atoms with Gasteiger partial charge in [-0.2, -0.15) is 0 Å². The Balaban J connectivity index is 2.40. The number of hydrogen-bond acceptors (Lipinski definition) is 6. The Morgan fingerprint density at radius 3 is 2.80 bits per heavy atom. The number of fused-ring (bicyclic) bond motifs is 1. The Morgan fingerprint density at radius 2 is 2.20 bits per heavy atom. The van der Waals surface area contributed by atoms with Crippen LogP contribution in [0.5, 0.6) is 5.88 Å². The summed E-state index contributed by atoms with van der Waals surface area (Å²) in [5.41, 5.74) is 0.307. The molecule has 0 bridgehead atoms. The molecule has 1 N–H and O–H groups in total. The van der Waals surface area contributed by atoms with Gasteiger partial charge in [0, 0.05) is 25.7 Å². The number of ether oxygens (including phenoxy) is 1. The number of amides is 1. The number of aliphatic hydroxyl groups excluding tert-OH is 1. The number of hydrogen-bond donors (Lipinski definition) is 1. The van der Waals surface area contributed by atoms with Crippen molar-refractivity contribution in [1.82, 2.24) is 14.2 Å². The lowest BCUT2D eigenvalue weighted by Crippen LogP contribution is -2.50. The van der Waals surface area contributed by atoms with Crippen molar-refractivity contribution < 1.29 is 23.1 Å². The summed E-state index contributed by atoms with van der Waals surface area (Å²) in [4.78, 5) is 18.5. The van der Waals surface area contributed by atoms with Crippen molar-refractivity contribution in [3.8, 4) is 5.88 Å². The lowest BCUT2D eigenvalue weighted by molar-refractivity contribution is 0.0373. The summed E-state index contributed by atoms with van der Waals surface area (Å²) in [7, 11) is -1.87. The molecule has 0 fully saturated rings. The molecule has 1 aromatic heterocycles. The number of nitrogens with zero attached hydrogens (tertiary/aromatic N) is 3. The fraction of sp³-hybridized carbons (Fsp3) is 0.625. The Bertz CT molecular complexity index is 724. The van der Waals surface area contributed by atoms with E-state index in [4.69, 9.17) is 4.74 Å². The quantitative estimate of drug-likeness (QED) is 0.793. The summed E-state index contributed by atoms with van der Waals surface area (Å²) in [6.45, 7) is 3.98. The summed E-state index contributed by atoms with van der Waals surface area (Å²) >= 11 is 0. The van der Waals surface area contributed by atoms with E-state index in [1.807, 2.05) is 6.92 Å². The maximum absolute atomic E-state index is 12.8. The molecule has 9 heteroatoms. The van der Waals surface area contributed by atoms with Gasteiger partial charge in [-0.05, 0) is 19.1 Å². The van der Waals surface area contributed by atoms with Gasteiger partial charge < -0.3 is 14.7 Å². The zero-order valence-corrected chi connectivity index (χ0v) is 15.7. The van der Waals surface area contributed by atoms with E-state index in [0.29, 0.717) is 12.1 Å². The molecule has 140 valence electrons. The van der Waals surface area contributed by atoms with E-state index in [0.717, 1.165) is 6.26 Å². The van der Waals surface area contributed by atoms with Crippen molar-refractivity contribution >= 4 is 15.9 Å². The van der Waals surface area contributed by atoms with Crippen molar-refractivity contribution in [2.75, 3.05) is 33.0 Å². The molecule has 1 aliphatic rings. The van der Waals surface area contributed by atoms with Crippen LogP contribution in [-0.4, -0.2) is 78.8 Å². The molecule has 1 aliphatic heterocycles. The fourth-order valence-electron chi connectivity index (χ4n) is 2.66. The topological polar surface area (TPSA) is 100 Å². The van der Waals surface area contributed by atoms with Gasteiger partial charge in [0.2, 0.25) is 15.9 Å². The Kier molecular flexibility index (Phi) is 6.02. The second kappa shape index (κ2) is 7.67. The second-order valence-electron chi connectivity index (χ2n) is 6.52. The lowest BCUT2D eigenvalue weighted by atomic mass is 10.0. The first-order valence-electron chi connectivity index (χ1n) is 8.10. The Morgan fingerprint density at radius 1 is 1.52 bits per heavy atom. The molecule has 8 nitrogen and oxygen atoms in total. The van der Waals surface area contributed by atoms with E-state index in [9.17, 15) is 18.3 Å². The fourth-order valence-corrected chi connectivity index (χ4v) is 3.07. The third-order valence-corrected chi connectivity index (χ3v) is 5.73. The number of rotatable bonds is 5. The molecule has 0 aliphatic carbocycles. The SMILES string of the molecule is C[C@H](CO)N1C[C@H](C)[C@H](CN(C)S(C)(=O)=O)Oc2ncccc2C1=O. The number of carbonyl (C=O) groups is 1. The van der Waals surface area contributed by atoms with Crippen molar-refractivity contribution in [3.05, 3.63) is 23.9 Å². The van der Waals surface area contributed by atoms with E-state index < -0.39 is 16.1 Å². The first-order valence-corrected chi connectivity index (χ1v) is 9.94. The molecule has 25 heavy (non-hydrogen) atoms. The number of sulfonamides is 1. The minimum absolute atomic E-state index is 0.144. The predicted molar refractivity (Wildman–Crippen MR) is 92.9 cm³/mol. The Labute approximate surface area is 148 Å². The van der Waals surface area contributed by atoms with Crippen molar-refractivity contribution in [1.29, 1.82) is 0 Å². The molecule has 2 rings (SSSR count). The maximum atomic E-state index is 12.8. The molecule has 2 heterocycles. The highest BCUT2D eigenvalue weighted by Crippen LogP contribution is 2.26. The van der Waals surface area contributed by atoms with Crippen molar-refractivity contribution in [2.24, 2.45) is 5.92 Å².